The third-order valence-electron chi connectivity index (χ3n) is 2.91. The Labute approximate surface area is 105 Å². The maximum atomic E-state index is 11.2. The molecule has 1 N–H and O–H groups in total. The summed E-state index contributed by atoms with van der Waals surface area (Å²) in [6.07, 6.45) is 1.65. The van der Waals surface area contributed by atoms with E-state index >= 15 is 0 Å². The highest BCUT2D eigenvalue weighted by molar-refractivity contribution is 5.92. The van der Waals surface area contributed by atoms with Crippen LogP contribution in [0.25, 0.3) is 0 Å². The highest BCUT2D eigenvalue weighted by atomic mass is 16.7. The fraction of sp³-hybridized carbons (Fsp3) is 0.462. The van der Waals surface area contributed by atoms with Gasteiger partial charge in [-0.3, -0.25) is 0 Å². The Balaban J connectivity index is 2.35. The van der Waals surface area contributed by atoms with Crippen LogP contribution < -0.4 is 14.2 Å². The summed E-state index contributed by atoms with van der Waals surface area (Å²) in [6.45, 7) is 4.12. The number of fused-ring (bicyclic) bond motifs is 1. The number of rotatable bonds is 5. The fourth-order valence-corrected chi connectivity index (χ4v) is 1.82. The van der Waals surface area contributed by atoms with E-state index < -0.39 is 5.97 Å². The molecule has 1 aliphatic heterocycles. The van der Waals surface area contributed by atoms with Crippen LogP contribution in [0, 0.1) is 0 Å². The summed E-state index contributed by atoms with van der Waals surface area (Å²) in [5.41, 5.74) is 0.103. The number of ether oxygens (including phenoxy) is 3. The van der Waals surface area contributed by atoms with Crippen molar-refractivity contribution < 1.29 is 24.1 Å². The molecule has 0 aromatic heterocycles. The number of hydrogen-bond acceptors (Lipinski definition) is 4. The average molecular weight is 252 g/mol. The van der Waals surface area contributed by atoms with Crippen LogP contribution in [-0.2, 0) is 0 Å². The van der Waals surface area contributed by atoms with Gasteiger partial charge in [0.2, 0.25) is 6.79 Å². The Bertz CT molecular complexity index is 451. The zero-order valence-corrected chi connectivity index (χ0v) is 10.4. The lowest BCUT2D eigenvalue weighted by atomic mass is 10.1. The predicted octanol–water partition coefficient (Wildman–Crippen LogP) is 2.68. The maximum absolute atomic E-state index is 11.2. The van der Waals surface area contributed by atoms with Gasteiger partial charge in [0.25, 0.3) is 0 Å². The lowest BCUT2D eigenvalue weighted by Crippen LogP contribution is -2.15. The monoisotopic (exact) mass is 252 g/mol. The third-order valence-corrected chi connectivity index (χ3v) is 2.91. The molecule has 1 aromatic rings. The molecule has 0 unspecified atom stereocenters. The predicted molar refractivity (Wildman–Crippen MR) is 64.5 cm³/mol. The smallest absolute Gasteiger partial charge is 0.339 e. The van der Waals surface area contributed by atoms with Gasteiger partial charge in [0.05, 0.1) is 6.10 Å². The second kappa shape index (κ2) is 5.16. The molecule has 0 saturated heterocycles. The van der Waals surface area contributed by atoms with Crippen molar-refractivity contribution in [3.63, 3.8) is 0 Å². The van der Waals surface area contributed by atoms with E-state index in [1.807, 2.05) is 13.8 Å². The molecule has 18 heavy (non-hydrogen) atoms. The van der Waals surface area contributed by atoms with Gasteiger partial charge >= 0.3 is 5.97 Å². The fourth-order valence-electron chi connectivity index (χ4n) is 1.82. The summed E-state index contributed by atoms with van der Waals surface area (Å²) in [5.74, 6) is 0.278. The number of carbonyl (C=O) groups is 1. The summed E-state index contributed by atoms with van der Waals surface area (Å²) in [7, 11) is 0. The van der Waals surface area contributed by atoms with Gasteiger partial charge in [-0.15, -0.1) is 0 Å². The summed E-state index contributed by atoms with van der Waals surface area (Å²) in [4.78, 5) is 11.2. The third kappa shape index (κ3) is 2.34. The topological polar surface area (TPSA) is 65.0 Å². The van der Waals surface area contributed by atoms with E-state index in [0.717, 1.165) is 12.8 Å². The molecular weight excluding hydrogens is 236 g/mol. The number of hydrogen-bond donors (Lipinski definition) is 1. The van der Waals surface area contributed by atoms with Gasteiger partial charge in [-0.1, -0.05) is 13.8 Å². The van der Waals surface area contributed by atoms with Crippen molar-refractivity contribution in [2.75, 3.05) is 6.79 Å². The van der Waals surface area contributed by atoms with E-state index in [-0.39, 0.29) is 18.5 Å². The van der Waals surface area contributed by atoms with Crippen LogP contribution in [0.5, 0.6) is 17.2 Å². The van der Waals surface area contributed by atoms with Crippen LogP contribution >= 0.6 is 0 Å². The molecule has 0 atom stereocenters. The number of carboxylic acid groups (broad SMARTS) is 1. The van der Waals surface area contributed by atoms with Crippen molar-refractivity contribution in [1.29, 1.82) is 0 Å². The van der Waals surface area contributed by atoms with Crippen LogP contribution in [0.4, 0.5) is 0 Å². The molecule has 2 rings (SSSR count). The van der Waals surface area contributed by atoms with Crippen molar-refractivity contribution in [3.05, 3.63) is 17.7 Å². The molecule has 0 fully saturated rings. The van der Waals surface area contributed by atoms with E-state index in [1.54, 1.807) is 6.07 Å². The minimum atomic E-state index is -1.03. The Morgan fingerprint density at radius 1 is 1.33 bits per heavy atom. The van der Waals surface area contributed by atoms with Gasteiger partial charge in [0.15, 0.2) is 11.5 Å². The first-order chi connectivity index (χ1) is 8.65. The molecule has 1 aromatic carbocycles. The Morgan fingerprint density at radius 2 is 1.94 bits per heavy atom. The van der Waals surface area contributed by atoms with Crippen LogP contribution in [0.1, 0.15) is 37.0 Å². The molecule has 0 aliphatic carbocycles. The second-order valence-corrected chi connectivity index (χ2v) is 4.06. The summed E-state index contributed by atoms with van der Waals surface area (Å²) >= 11 is 0. The van der Waals surface area contributed by atoms with E-state index in [9.17, 15) is 9.90 Å². The SMILES string of the molecule is CCC(CC)Oc1cc2c(cc1C(=O)O)OCO2. The lowest BCUT2D eigenvalue weighted by molar-refractivity contribution is 0.0688. The van der Waals surface area contributed by atoms with Crippen molar-refractivity contribution in [2.45, 2.75) is 32.8 Å². The molecule has 98 valence electrons. The van der Waals surface area contributed by atoms with E-state index in [1.165, 1.54) is 6.07 Å². The van der Waals surface area contributed by atoms with Gasteiger partial charge in [0, 0.05) is 12.1 Å². The molecular formula is C13H16O5. The molecule has 0 amide bonds. The molecule has 0 bridgehead atoms. The van der Waals surface area contributed by atoms with Gasteiger partial charge in [-0.05, 0) is 12.8 Å². The Morgan fingerprint density at radius 3 is 2.50 bits per heavy atom. The van der Waals surface area contributed by atoms with E-state index in [0.29, 0.717) is 17.2 Å². The van der Waals surface area contributed by atoms with Crippen molar-refractivity contribution in [3.8, 4) is 17.2 Å². The standard InChI is InChI=1S/C13H16O5/c1-3-8(4-2)18-10-6-12-11(16-7-17-12)5-9(10)13(14)15/h5-6,8H,3-4,7H2,1-2H3,(H,14,15). The first-order valence-electron chi connectivity index (χ1n) is 5.99. The van der Waals surface area contributed by atoms with Gasteiger partial charge in [-0.25, -0.2) is 4.79 Å². The molecule has 5 nitrogen and oxygen atoms in total. The van der Waals surface area contributed by atoms with E-state index in [4.69, 9.17) is 14.2 Å². The summed E-state index contributed by atoms with van der Waals surface area (Å²) < 4.78 is 16.1. The largest absolute Gasteiger partial charge is 0.489 e. The van der Waals surface area contributed by atoms with Crippen LogP contribution in [-0.4, -0.2) is 24.0 Å². The summed E-state index contributed by atoms with van der Waals surface area (Å²) in [6, 6.07) is 3.03. The van der Waals surface area contributed by atoms with Gasteiger partial charge in [-0.2, -0.15) is 0 Å². The van der Waals surface area contributed by atoms with Crippen LogP contribution in [0.2, 0.25) is 0 Å². The van der Waals surface area contributed by atoms with Crippen molar-refractivity contribution in [2.24, 2.45) is 0 Å². The first kappa shape index (κ1) is 12.5. The van der Waals surface area contributed by atoms with E-state index in [2.05, 4.69) is 0 Å². The summed E-state index contributed by atoms with van der Waals surface area (Å²) in [5, 5.41) is 9.18. The quantitative estimate of drug-likeness (QED) is 0.872. The maximum Gasteiger partial charge on any atom is 0.339 e. The molecule has 1 heterocycles. The van der Waals surface area contributed by atoms with Crippen LogP contribution in [0.3, 0.4) is 0 Å². The van der Waals surface area contributed by atoms with Crippen molar-refractivity contribution >= 4 is 5.97 Å². The highest BCUT2D eigenvalue weighted by Gasteiger charge is 2.22. The minimum Gasteiger partial charge on any atom is -0.489 e. The number of aromatic carboxylic acids is 1. The average Bonchev–Trinajstić information content (AvgIpc) is 2.81. The lowest BCUT2D eigenvalue weighted by Gasteiger charge is -2.17. The van der Waals surface area contributed by atoms with Crippen molar-refractivity contribution in [1.82, 2.24) is 0 Å². The van der Waals surface area contributed by atoms with Crippen LogP contribution in [0.15, 0.2) is 12.1 Å². The molecule has 0 radical (unpaired) electrons. The second-order valence-electron chi connectivity index (χ2n) is 4.06. The minimum absolute atomic E-state index is 0.00321. The Hall–Kier alpha value is -1.91. The zero-order valence-electron chi connectivity index (χ0n) is 10.4. The highest BCUT2D eigenvalue weighted by Crippen LogP contribution is 2.38. The molecule has 0 spiro atoms. The zero-order chi connectivity index (χ0) is 13.1. The number of carboxylic acids is 1. The molecule has 1 aliphatic rings. The Kier molecular flexibility index (Phi) is 3.60. The first-order valence-corrected chi connectivity index (χ1v) is 5.99. The van der Waals surface area contributed by atoms with Gasteiger partial charge in [0.1, 0.15) is 11.3 Å². The molecule has 5 heteroatoms. The molecule has 0 saturated carbocycles. The normalized spacial score (nSPS) is 12.8. The number of benzene rings is 1. The van der Waals surface area contributed by atoms with Gasteiger partial charge < -0.3 is 19.3 Å².